The number of halogens is 3. The zero-order valence-electron chi connectivity index (χ0n) is 14.4. The van der Waals surface area contributed by atoms with E-state index >= 15 is 0 Å². The van der Waals surface area contributed by atoms with E-state index in [1.165, 1.54) is 44.2 Å². The average molecular weight is 357 g/mol. The Balaban J connectivity index is 1.55. The van der Waals surface area contributed by atoms with Crippen molar-refractivity contribution in [3.63, 3.8) is 0 Å². The highest BCUT2D eigenvalue weighted by Gasteiger charge is 2.30. The third-order valence-corrected chi connectivity index (χ3v) is 5.04. The number of rotatable bonds is 4. The molecule has 0 unspecified atom stereocenters. The molecule has 1 saturated carbocycles. The fraction of sp³-hybridized carbons (Fsp3) is 0.684. The zero-order chi connectivity index (χ0) is 17.7. The lowest BCUT2D eigenvalue weighted by Gasteiger charge is -2.30. The first-order valence-corrected chi connectivity index (χ1v) is 9.15. The molecule has 1 heterocycles. The topological polar surface area (TPSA) is 21.7 Å². The lowest BCUT2D eigenvalue weighted by atomic mass is 9.89. The molecule has 3 rings (SSSR count). The van der Waals surface area contributed by atoms with Crippen LogP contribution in [0.15, 0.2) is 24.3 Å². The summed E-state index contributed by atoms with van der Waals surface area (Å²) in [7, 11) is 0. The van der Waals surface area contributed by atoms with Gasteiger partial charge in [0.25, 0.3) is 0 Å². The molecule has 1 aromatic carbocycles. The standard InChI is InChI=1S/C19H26F3NO2/c20-19(21,22)16-6-8-17(9-7-16)25-18-13-23(10-11-24-14-18)12-15-4-2-1-3-5-15/h6-9,15,18H,1-5,10-14H2/t18-/m1/s1. The minimum atomic E-state index is -4.32. The van der Waals surface area contributed by atoms with Crippen LogP contribution in [0.5, 0.6) is 5.75 Å². The van der Waals surface area contributed by atoms with Gasteiger partial charge in [0, 0.05) is 19.6 Å². The second-order valence-corrected chi connectivity index (χ2v) is 7.10. The van der Waals surface area contributed by atoms with Crippen LogP contribution >= 0.6 is 0 Å². The summed E-state index contributed by atoms with van der Waals surface area (Å²) < 4.78 is 49.4. The van der Waals surface area contributed by atoms with E-state index in [-0.39, 0.29) is 6.10 Å². The molecule has 0 aromatic heterocycles. The van der Waals surface area contributed by atoms with E-state index in [1.807, 2.05) is 0 Å². The predicted octanol–water partition coefficient (Wildman–Crippen LogP) is 4.37. The fourth-order valence-corrected chi connectivity index (χ4v) is 3.73. The van der Waals surface area contributed by atoms with Crippen molar-refractivity contribution in [3.05, 3.63) is 29.8 Å². The molecule has 140 valence electrons. The van der Waals surface area contributed by atoms with Crippen molar-refractivity contribution in [2.75, 3.05) is 32.8 Å². The summed E-state index contributed by atoms with van der Waals surface area (Å²) in [6.45, 7) is 3.87. The molecule has 1 atom stereocenters. The molecular weight excluding hydrogens is 331 g/mol. The van der Waals surface area contributed by atoms with Crippen LogP contribution in [-0.2, 0) is 10.9 Å². The first kappa shape index (κ1) is 18.5. The van der Waals surface area contributed by atoms with Gasteiger partial charge in [-0.05, 0) is 43.0 Å². The Morgan fingerprint density at radius 3 is 2.48 bits per heavy atom. The van der Waals surface area contributed by atoms with E-state index in [1.54, 1.807) is 0 Å². The number of nitrogens with zero attached hydrogens (tertiary/aromatic N) is 1. The van der Waals surface area contributed by atoms with Gasteiger partial charge in [-0.3, -0.25) is 4.90 Å². The predicted molar refractivity (Wildman–Crippen MR) is 89.7 cm³/mol. The van der Waals surface area contributed by atoms with Crippen LogP contribution in [0, 0.1) is 5.92 Å². The van der Waals surface area contributed by atoms with Gasteiger partial charge < -0.3 is 9.47 Å². The van der Waals surface area contributed by atoms with Crippen LogP contribution in [-0.4, -0.2) is 43.9 Å². The molecule has 2 fully saturated rings. The van der Waals surface area contributed by atoms with Gasteiger partial charge >= 0.3 is 6.18 Å². The van der Waals surface area contributed by atoms with E-state index in [9.17, 15) is 13.2 Å². The Labute approximate surface area is 147 Å². The van der Waals surface area contributed by atoms with Gasteiger partial charge in [-0.15, -0.1) is 0 Å². The molecule has 1 aromatic rings. The maximum absolute atomic E-state index is 12.6. The third-order valence-electron chi connectivity index (χ3n) is 5.04. The van der Waals surface area contributed by atoms with Crippen LogP contribution in [0.4, 0.5) is 13.2 Å². The molecule has 3 nitrogen and oxygen atoms in total. The number of benzene rings is 1. The maximum Gasteiger partial charge on any atom is 0.416 e. The molecule has 1 saturated heterocycles. The second-order valence-electron chi connectivity index (χ2n) is 7.10. The highest BCUT2D eigenvalue weighted by atomic mass is 19.4. The highest BCUT2D eigenvalue weighted by molar-refractivity contribution is 5.29. The van der Waals surface area contributed by atoms with Gasteiger partial charge in [0.05, 0.1) is 18.8 Å². The minimum Gasteiger partial charge on any atom is -0.487 e. The second kappa shape index (κ2) is 8.41. The highest BCUT2D eigenvalue weighted by Crippen LogP contribution is 2.30. The normalized spacial score (nSPS) is 24.0. The first-order valence-electron chi connectivity index (χ1n) is 9.15. The molecule has 0 radical (unpaired) electrons. The van der Waals surface area contributed by atoms with Crippen molar-refractivity contribution >= 4 is 0 Å². The van der Waals surface area contributed by atoms with Crippen molar-refractivity contribution < 1.29 is 22.6 Å². The molecule has 0 bridgehead atoms. The van der Waals surface area contributed by atoms with Crippen molar-refractivity contribution in [1.29, 1.82) is 0 Å². The minimum absolute atomic E-state index is 0.150. The van der Waals surface area contributed by atoms with Crippen molar-refractivity contribution in [3.8, 4) is 5.75 Å². The van der Waals surface area contributed by atoms with E-state index in [2.05, 4.69) is 4.90 Å². The van der Waals surface area contributed by atoms with Crippen molar-refractivity contribution in [1.82, 2.24) is 4.90 Å². The first-order chi connectivity index (χ1) is 12.0. The Morgan fingerprint density at radius 2 is 1.80 bits per heavy atom. The lowest BCUT2D eigenvalue weighted by molar-refractivity contribution is -0.137. The summed E-state index contributed by atoms with van der Waals surface area (Å²) >= 11 is 0. The summed E-state index contributed by atoms with van der Waals surface area (Å²) in [6, 6.07) is 4.90. The Kier molecular flexibility index (Phi) is 6.23. The van der Waals surface area contributed by atoms with Crippen LogP contribution in [0.3, 0.4) is 0 Å². The monoisotopic (exact) mass is 357 g/mol. The molecule has 6 heteroatoms. The van der Waals surface area contributed by atoms with Gasteiger partial charge in [-0.1, -0.05) is 19.3 Å². The van der Waals surface area contributed by atoms with Gasteiger partial charge in [0.15, 0.2) is 0 Å². The molecule has 0 N–H and O–H groups in total. The number of hydrogen-bond acceptors (Lipinski definition) is 3. The molecule has 2 aliphatic rings. The van der Waals surface area contributed by atoms with Gasteiger partial charge in [0.1, 0.15) is 11.9 Å². The Bertz CT molecular complexity index is 526. The average Bonchev–Trinajstić information content (AvgIpc) is 2.80. The van der Waals surface area contributed by atoms with Gasteiger partial charge in [0.2, 0.25) is 0 Å². The summed E-state index contributed by atoms with van der Waals surface area (Å²) in [5.74, 6) is 1.21. The lowest BCUT2D eigenvalue weighted by Crippen LogP contribution is -2.39. The Morgan fingerprint density at radius 1 is 1.08 bits per heavy atom. The van der Waals surface area contributed by atoms with E-state index < -0.39 is 11.7 Å². The Hall–Kier alpha value is -1.27. The summed E-state index contributed by atoms with van der Waals surface area (Å²) in [6.07, 6.45) is 2.10. The number of alkyl halides is 3. The molecule has 25 heavy (non-hydrogen) atoms. The SMILES string of the molecule is FC(F)(F)c1ccc(O[C@H]2COCCN(CC3CCCCC3)C2)cc1. The van der Waals surface area contributed by atoms with E-state index in [0.717, 1.165) is 37.7 Å². The van der Waals surface area contributed by atoms with Crippen LogP contribution < -0.4 is 4.74 Å². The summed E-state index contributed by atoms with van der Waals surface area (Å²) in [5, 5.41) is 0. The fourth-order valence-electron chi connectivity index (χ4n) is 3.73. The van der Waals surface area contributed by atoms with Gasteiger partial charge in [-0.2, -0.15) is 13.2 Å². The zero-order valence-corrected chi connectivity index (χ0v) is 14.4. The van der Waals surface area contributed by atoms with Gasteiger partial charge in [-0.25, -0.2) is 0 Å². The largest absolute Gasteiger partial charge is 0.487 e. The quantitative estimate of drug-likeness (QED) is 0.799. The van der Waals surface area contributed by atoms with Crippen molar-refractivity contribution in [2.45, 2.75) is 44.4 Å². The van der Waals surface area contributed by atoms with Crippen molar-refractivity contribution in [2.24, 2.45) is 5.92 Å². The molecular formula is C19H26F3NO2. The van der Waals surface area contributed by atoms with Crippen LogP contribution in [0.2, 0.25) is 0 Å². The smallest absolute Gasteiger partial charge is 0.416 e. The molecule has 0 amide bonds. The summed E-state index contributed by atoms with van der Waals surface area (Å²) in [4.78, 5) is 2.39. The molecule has 0 spiro atoms. The van der Waals surface area contributed by atoms with E-state index in [4.69, 9.17) is 9.47 Å². The number of hydrogen-bond donors (Lipinski definition) is 0. The summed E-state index contributed by atoms with van der Waals surface area (Å²) in [5.41, 5.74) is -0.657. The maximum atomic E-state index is 12.6. The van der Waals surface area contributed by atoms with E-state index in [0.29, 0.717) is 19.0 Å². The number of ether oxygens (including phenoxy) is 2. The third kappa shape index (κ3) is 5.61. The molecule has 1 aliphatic heterocycles. The van der Waals surface area contributed by atoms with Crippen LogP contribution in [0.1, 0.15) is 37.7 Å². The molecule has 1 aliphatic carbocycles. The van der Waals surface area contributed by atoms with Crippen LogP contribution in [0.25, 0.3) is 0 Å².